The molecule has 1 aromatic heterocycles. The van der Waals surface area contributed by atoms with Gasteiger partial charge in [-0.2, -0.15) is 0 Å². The number of hydrogen-bond acceptors (Lipinski definition) is 4. The van der Waals surface area contributed by atoms with Gasteiger partial charge in [0, 0.05) is 7.11 Å². The van der Waals surface area contributed by atoms with E-state index in [9.17, 15) is 0 Å². The van der Waals surface area contributed by atoms with Gasteiger partial charge in [-0.05, 0) is 13.0 Å². The van der Waals surface area contributed by atoms with Crippen LogP contribution in [0.3, 0.4) is 0 Å². The van der Waals surface area contributed by atoms with Gasteiger partial charge in [0.15, 0.2) is 0 Å². The molecule has 0 fully saturated rings. The number of rotatable bonds is 4. The minimum absolute atomic E-state index is 0.570. The van der Waals surface area contributed by atoms with Gasteiger partial charge in [-0.1, -0.05) is 0 Å². The molecule has 1 heterocycles. The molecular weight excluding hydrogens is 182 g/mol. The molecule has 78 valence electrons. The minimum Gasteiger partial charge on any atom is -0.469 e. The summed E-state index contributed by atoms with van der Waals surface area (Å²) in [5, 5.41) is 0. The van der Waals surface area contributed by atoms with E-state index in [0.29, 0.717) is 19.0 Å². The monoisotopic (exact) mass is 197 g/mol. The van der Waals surface area contributed by atoms with E-state index < -0.39 is 0 Å². The van der Waals surface area contributed by atoms with Gasteiger partial charge in [-0.15, -0.1) is 0 Å². The van der Waals surface area contributed by atoms with Crippen molar-refractivity contribution in [3.63, 3.8) is 0 Å². The SMILES string of the molecule is COCCN=C(NN)c1coc(C)c1. The van der Waals surface area contributed by atoms with Gasteiger partial charge in [0.05, 0.1) is 18.7 Å². The van der Waals surface area contributed by atoms with E-state index in [1.54, 1.807) is 13.4 Å². The Hall–Kier alpha value is -1.33. The number of hydrogen-bond donors (Lipinski definition) is 2. The third-order valence-corrected chi connectivity index (χ3v) is 1.71. The molecule has 1 aromatic rings. The molecule has 0 aromatic carbocycles. The topological polar surface area (TPSA) is 72.8 Å². The lowest BCUT2D eigenvalue weighted by atomic mass is 10.3. The van der Waals surface area contributed by atoms with Gasteiger partial charge in [-0.25, -0.2) is 5.84 Å². The summed E-state index contributed by atoms with van der Waals surface area (Å²) in [4.78, 5) is 4.21. The molecule has 5 heteroatoms. The molecule has 0 aliphatic carbocycles. The highest BCUT2D eigenvalue weighted by Crippen LogP contribution is 2.06. The number of furan rings is 1. The number of nitrogens with zero attached hydrogens (tertiary/aromatic N) is 1. The number of nitrogens with one attached hydrogen (secondary N) is 1. The van der Waals surface area contributed by atoms with Crippen LogP contribution in [0, 0.1) is 6.92 Å². The van der Waals surface area contributed by atoms with Crippen LogP contribution in [0.25, 0.3) is 0 Å². The summed E-state index contributed by atoms with van der Waals surface area (Å²) in [6.07, 6.45) is 1.61. The number of amidine groups is 1. The number of ether oxygens (including phenoxy) is 1. The predicted molar refractivity (Wildman–Crippen MR) is 54.0 cm³/mol. The van der Waals surface area contributed by atoms with E-state index in [-0.39, 0.29) is 0 Å². The summed E-state index contributed by atoms with van der Waals surface area (Å²) in [6, 6.07) is 1.87. The van der Waals surface area contributed by atoms with Crippen molar-refractivity contribution in [3.8, 4) is 0 Å². The highest BCUT2D eigenvalue weighted by molar-refractivity contribution is 5.98. The van der Waals surface area contributed by atoms with Crippen molar-refractivity contribution in [2.45, 2.75) is 6.92 Å². The largest absolute Gasteiger partial charge is 0.469 e. The highest BCUT2D eigenvalue weighted by Gasteiger charge is 2.03. The third kappa shape index (κ3) is 2.86. The van der Waals surface area contributed by atoms with Crippen LogP contribution in [0.2, 0.25) is 0 Å². The van der Waals surface area contributed by atoms with Crippen LogP contribution in [0.1, 0.15) is 11.3 Å². The van der Waals surface area contributed by atoms with E-state index in [1.807, 2.05) is 13.0 Å². The lowest BCUT2D eigenvalue weighted by Gasteiger charge is -2.01. The van der Waals surface area contributed by atoms with E-state index in [1.165, 1.54) is 0 Å². The van der Waals surface area contributed by atoms with Gasteiger partial charge < -0.3 is 14.6 Å². The van der Waals surface area contributed by atoms with E-state index in [4.69, 9.17) is 15.0 Å². The Labute approximate surface area is 82.9 Å². The molecule has 3 N–H and O–H groups in total. The summed E-state index contributed by atoms with van der Waals surface area (Å²) >= 11 is 0. The molecule has 0 amide bonds. The van der Waals surface area contributed by atoms with Gasteiger partial charge in [-0.3, -0.25) is 4.99 Å². The first kappa shape index (κ1) is 10.7. The fraction of sp³-hybridized carbons (Fsp3) is 0.444. The second-order valence-corrected chi connectivity index (χ2v) is 2.81. The van der Waals surface area contributed by atoms with Crippen molar-refractivity contribution in [2.24, 2.45) is 10.8 Å². The molecule has 1 rings (SSSR count). The molecule has 0 spiro atoms. The zero-order chi connectivity index (χ0) is 10.4. The van der Waals surface area contributed by atoms with E-state index >= 15 is 0 Å². The van der Waals surface area contributed by atoms with Crippen molar-refractivity contribution in [1.82, 2.24) is 5.43 Å². The van der Waals surface area contributed by atoms with E-state index in [2.05, 4.69) is 10.4 Å². The van der Waals surface area contributed by atoms with Gasteiger partial charge in [0.2, 0.25) is 0 Å². The van der Waals surface area contributed by atoms with E-state index in [0.717, 1.165) is 11.3 Å². The van der Waals surface area contributed by atoms with Crippen molar-refractivity contribution < 1.29 is 9.15 Å². The Morgan fingerprint density at radius 1 is 1.71 bits per heavy atom. The predicted octanol–water partition coefficient (Wildman–Crippen LogP) is 0.444. The summed E-state index contributed by atoms with van der Waals surface area (Å²) in [7, 11) is 1.63. The molecule has 5 nitrogen and oxygen atoms in total. The quantitative estimate of drug-likeness (QED) is 0.241. The average Bonchev–Trinajstić information content (AvgIpc) is 2.60. The first-order chi connectivity index (χ1) is 6.77. The molecule has 14 heavy (non-hydrogen) atoms. The minimum atomic E-state index is 0.570. The normalized spacial score (nSPS) is 11.8. The molecule has 0 atom stereocenters. The van der Waals surface area contributed by atoms with Crippen LogP contribution in [-0.4, -0.2) is 26.1 Å². The molecule has 0 bridgehead atoms. The Morgan fingerprint density at radius 2 is 2.50 bits per heavy atom. The number of aryl methyl sites for hydroxylation is 1. The lowest BCUT2D eigenvalue weighted by molar-refractivity contribution is 0.208. The molecule has 0 radical (unpaired) electrons. The first-order valence-corrected chi connectivity index (χ1v) is 4.33. The van der Waals surface area contributed by atoms with Crippen molar-refractivity contribution in [3.05, 3.63) is 23.7 Å². The van der Waals surface area contributed by atoms with Crippen molar-refractivity contribution >= 4 is 5.84 Å². The van der Waals surface area contributed by atoms with Crippen LogP contribution in [-0.2, 0) is 4.74 Å². The first-order valence-electron chi connectivity index (χ1n) is 4.33. The number of hydrazine groups is 1. The lowest BCUT2D eigenvalue weighted by Crippen LogP contribution is -2.31. The average molecular weight is 197 g/mol. The second kappa shape index (κ2) is 5.41. The van der Waals surface area contributed by atoms with Crippen LogP contribution in [0.5, 0.6) is 0 Å². The summed E-state index contributed by atoms with van der Waals surface area (Å²) in [5.41, 5.74) is 3.37. The fourth-order valence-corrected chi connectivity index (χ4v) is 1.04. The Balaban J connectivity index is 2.66. The standard InChI is InChI=1S/C9H15N3O2/c1-7-5-8(6-14-7)9(12-10)11-3-4-13-2/h5-6H,3-4,10H2,1-2H3,(H,11,12). The number of nitrogens with two attached hydrogens (primary N) is 1. The zero-order valence-corrected chi connectivity index (χ0v) is 8.41. The molecule has 0 saturated carbocycles. The Bertz CT molecular complexity index is 307. The summed E-state index contributed by atoms with van der Waals surface area (Å²) in [6.45, 7) is 3.01. The fourth-order valence-electron chi connectivity index (χ4n) is 1.04. The summed E-state index contributed by atoms with van der Waals surface area (Å²) < 4.78 is 10.0. The number of aliphatic imine (C=N–C) groups is 1. The molecular formula is C9H15N3O2. The van der Waals surface area contributed by atoms with Gasteiger partial charge in [0.1, 0.15) is 17.9 Å². The Kier molecular flexibility index (Phi) is 4.15. The zero-order valence-electron chi connectivity index (χ0n) is 8.41. The van der Waals surface area contributed by atoms with Crippen LogP contribution < -0.4 is 11.3 Å². The molecule has 0 aliphatic rings. The maximum atomic E-state index is 5.33. The van der Waals surface area contributed by atoms with Crippen LogP contribution in [0.4, 0.5) is 0 Å². The smallest absolute Gasteiger partial charge is 0.145 e. The van der Waals surface area contributed by atoms with Gasteiger partial charge in [0.25, 0.3) is 0 Å². The molecule has 0 unspecified atom stereocenters. The van der Waals surface area contributed by atoms with Crippen LogP contribution >= 0.6 is 0 Å². The Morgan fingerprint density at radius 3 is 3.00 bits per heavy atom. The third-order valence-electron chi connectivity index (χ3n) is 1.71. The van der Waals surface area contributed by atoms with Crippen molar-refractivity contribution in [2.75, 3.05) is 20.3 Å². The highest BCUT2D eigenvalue weighted by atomic mass is 16.5. The maximum Gasteiger partial charge on any atom is 0.145 e. The maximum absolute atomic E-state index is 5.33. The molecule has 0 saturated heterocycles. The van der Waals surface area contributed by atoms with Crippen molar-refractivity contribution in [1.29, 1.82) is 0 Å². The second-order valence-electron chi connectivity index (χ2n) is 2.81. The van der Waals surface area contributed by atoms with Crippen LogP contribution in [0.15, 0.2) is 21.7 Å². The van der Waals surface area contributed by atoms with Gasteiger partial charge >= 0.3 is 0 Å². The molecule has 0 aliphatic heterocycles. The summed E-state index contributed by atoms with van der Waals surface area (Å²) in [5.74, 6) is 6.77. The number of methoxy groups -OCH3 is 1.